The van der Waals surface area contributed by atoms with Crippen LogP contribution in [-0.2, 0) is 14.3 Å². The topological polar surface area (TPSA) is 43.4 Å². The van der Waals surface area contributed by atoms with Gasteiger partial charge in [0.15, 0.2) is 0 Å². The van der Waals surface area contributed by atoms with Gasteiger partial charge in [-0.15, -0.1) is 0 Å². The molecule has 0 aromatic heterocycles. The van der Waals surface area contributed by atoms with Crippen molar-refractivity contribution in [2.45, 2.75) is 0 Å². The molecule has 1 rings (SSSR count). The monoisotopic (exact) mass is 164 g/mol. The van der Waals surface area contributed by atoms with E-state index < -0.39 is 11.9 Å². The van der Waals surface area contributed by atoms with Crippen molar-refractivity contribution in [2.24, 2.45) is 0 Å². The molecule has 3 nitrogen and oxygen atoms in total. The first-order chi connectivity index (χ1) is 3.29. The van der Waals surface area contributed by atoms with E-state index in [2.05, 4.69) is 4.74 Å². The summed E-state index contributed by atoms with van der Waals surface area (Å²) in [5.74, 6) is -1.16. The summed E-state index contributed by atoms with van der Waals surface area (Å²) >= 11 is 0. The third-order valence-corrected chi connectivity index (χ3v) is 0.557. The predicted molar refractivity (Wildman–Crippen MR) is 35.9 cm³/mol. The Kier molecular flexibility index (Phi) is 8.37. The van der Waals surface area contributed by atoms with Crippen LogP contribution in [0.2, 0.25) is 0 Å². The quantitative estimate of drug-likeness (QED) is 0.238. The summed E-state index contributed by atoms with van der Waals surface area (Å²) < 4.78 is 3.97. The van der Waals surface area contributed by atoms with Gasteiger partial charge in [0, 0.05) is 12.2 Å². The van der Waals surface area contributed by atoms with Gasteiger partial charge in [-0.25, -0.2) is 9.59 Å². The number of cyclic esters (lactones) is 2. The Morgan fingerprint density at radius 3 is 1.56 bits per heavy atom. The van der Waals surface area contributed by atoms with Crippen molar-refractivity contribution >= 4 is 79.2 Å². The molecule has 0 aromatic carbocycles. The molecule has 5 heteroatoms. The van der Waals surface area contributed by atoms with Crippen molar-refractivity contribution in [3.63, 3.8) is 0 Å². The minimum atomic E-state index is -0.579. The summed E-state index contributed by atoms with van der Waals surface area (Å²) in [5, 5.41) is 0. The molecule has 1 aliphatic heterocycles. The summed E-state index contributed by atoms with van der Waals surface area (Å²) in [6.07, 6.45) is 2.17. The Morgan fingerprint density at radius 2 is 1.44 bits per heavy atom. The number of hydrogen-bond acceptors (Lipinski definition) is 3. The van der Waals surface area contributed by atoms with E-state index in [9.17, 15) is 9.59 Å². The molecule has 0 spiro atoms. The van der Waals surface area contributed by atoms with Crippen LogP contribution in [0, 0.1) is 0 Å². The first-order valence-electron chi connectivity index (χ1n) is 1.73. The first-order valence-corrected chi connectivity index (χ1v) is 1.73. The Bertz CT molecular complexity index is 138. The molecule has 42 valence electrons. The van der Waals surface area contributed by atoms with E-state index >= 15 is 0 Å². The molecular weight excluding hydrogens is 159 g/mol. The van der Waals surface area contributed by atoms with Gasteiger partial charge in [0.25, 0.3) is 0 Å². The maximum atomic E-state index is 9.92. The van der Waals surface area contributed by atoms with E-state index in [1.807, 2.05) is 0 Å². The standard InChI is InChI=1S/C4H2O3.Ca.Na.3H/c5-3-1-2-4(6)7-3;;;;;/h1-2H;;;;;. The van der Waals surface area contributed by atoms with Crippen molar-refractivity contribution < 1.29 is 14.3 Å². The van der Waals surface area contributed by atoms with Crippen molar-refractivity contribution in [1.29, 1.82) is 0 Å². The molecule has 0 atom stereocenters. The fourth-order valence-corrected chi connectivity index (χ4v) is 0.303. The second kappa shape index (κ2) is 5.89. The van der Waals surface area contributed by atoms with E-state index in [0.717, 1.165) is 12.2 Å². The van der Waals surface area contributed by atoms with Gasteiger partial charge in [0.1, 0.15) is 0 Å². The zero-order chi connectivity index (χ0) is 5.28. The fourth-order valence-electron chi connectivity index (χ4n) is 0.303. The molecule has 0 aliphatic carbocycles. The molecule has 0 radical (unpaired) electrons. The van der Waals surface area contributed by atoms with E-state index in [-0.39, 0.29) is 67.3 Å². The first kappa shape index (κ1) is 12.8. The van der Waals surface area contributed by atoms with Crippen molar-refractivity contribution in [1.82, 2.24) is 0 Å². The van der Waals surface area contributed by atoms with Crippen LogP contribution in [0.3, 0.4) is 0 Å². The second-order valence-corrected chi connectivity index (χ2v) is 1.07. The number of carbonyl (C=O) groups is 2. The Hall–Kier alpha value is 1.14. The number of hydrogen-bond donors (Lipinski definition) is 0. The van der Waals surface area contributed by atoms with E-state index in [1.54, 1.807) is 0 Å². The Morgan fingerprint density at radius 1 is 1.11 bits per heavy atom. The summed E-state index contributed by atoms with van der Waals surface area (Å²) in [7, 11) is 0. The molecule has 9 heavy (non-hydrogen) atoms. The summed E-state index contributed by atoms with van der Waals surface area (Å²) in [5.41, 5.74) is 0. The van der Waals surface area contributed by atoms with Gasteiger partial charge in [-0.3, -0.25) is 0 Å². The van der Waals surface area contributed by atoms with Crippen LogP contribution in [0.25, 0.3) is 0 Å². The molecule has 1 aliphatic rings. The number of ether oxygens (including phenoxy) is 1. The van der Waals surface area contributed by atoms with Crippen molar-refractivity contribution in [2.75, 3.05) is 0 Å². The summed E-state index contributed by atoms with van der Waals surface area (Å²) in [4.78, 5) is 19.8. The normalized spacial score (nSPS) is 13.8. The van der Waals surface area contributed by atoms with Gasteiger partial charge in [0.05, 0.1) is 0 Å². The Labute approximate surface area is 104 Å². The Balaban J connectivity index is 0. The number of carbonyl (C=O) groups excluding carboxylic acids is 2. The van der Waals surface area contributed by atoms with Gasteiger partial charge < -0.3 is 4.74 Å². The van der Waals surface area contributed by atoms with Crippen LogP contribution in [0.4, 0.5) is 0 Å². The molecule has 0 bridgehead atoms. The average Bonchev–Trinajstić information content (AvgIpc) is 1.87. The average molecular weight is 164 g/mol. The molecule has 0 aromatic rings. The number of rotatable bonds is 0. The molecule has 0 saturated heterocycles. The molecule has 0 amide bonds. The zero-order valence-corrected chi connectivity index (χ0v) is 3.38. The van der Waals surface area contributed by atoms with Gasteiger partial charge in [-0.1, -0.05) is 0 Å². The van der Waals surface area contributed by atoms with Crippen LogP contribution >= 0.6 is 0 Å². The zero-order valence-electron chi connectivity index (χ0n) is 3.38. The minimum absolute atomic E-state index is 0. The molecule has 0 saturated carbocycles. The van der Waals surface area contributed by atoms with Gasteiger partial charge in [-0.05, 0) is 0 Å². The fraction of sp³-hybridized carbons (Fsp3) is 0. The third-order valence-electron chi connectivity index (χ3n) is 0.557. The van der Waals surface area contributed by atoms with Gasteiger partial charge in [0.2, 0.25) is 0 Å². The molecule has 0 unspecified atom stereocenters. The van der Waals surface area contributed by atoms with Gasteiger partial charge in [-0.2, -0.15) is 0 Å². The van der Waals surface area contributed by atoms with Crippen LogP contribution in [0.1, 0.15) is 0 Å². The maximum absolute atomic E-state index is 9.92. The van der Waals surface area contributed by atoms with E-state index in [1.165, 1.54) is 0 Å². The molecule has 0 N–H and O–H groups in total. The van der Waals surface area contributed by atoms with Crippen molar-refractivity contribution in [3.05, 3.63) is 12.2 Å². The van der Waals surface area contributed by atoms with E-state index in [4.69, 9.17) is 0 Å². The molecular formula is C4H5CaNaO3. The summed E-state index contributed by atoms with van der Waals surface area (Å²) in [6, 6.07) is 0. The van der Waals surface area contributed by atoms with Crippen LogP contribution in [0.5, 0.6) is 0 Å². The van der Waals surface area contributed by atoms with Crippen molar-refractivity contribution in [3.8, 4) is 0 Å². The van der Waals surface area contributed by atoms with Crippen LogP contribution in [0.15, 0.2) is 12.2 Å². The van der Waals surface area contributed by atoms with Gasteiger partial charge >= 0.3 is 79.2 Å². The molecule has 1 heterocycles. The van der Waals surface area contributed by atoms with Crippen LogP contribution in [-0.4, -0.2) is 79.2 Å². The van der Waals surface area contributed by atoms with E-state index in [0.29, 0.717) is 0 Å². The summed E-state index contributed by atoms with van der Waals surface area (Å²) in [6.45, 7) is 0. The van der Waals surface area contributed by atoms with Crippen LogP contribution < -0.4 is 0 Å². The second-order valence-electron chi connectivity index (χ2n) is 1.07. The number of esters is 2. The third kappa shape index (κ3) is 4.53. The predicted octanol–water partition coefficient (Wildman–Crippen LogP) is -1.94. The molecule has 0 fully saturated rings. The SMILES string of the molecule is O=C1C=CC(=O)O1.[CaH2].[NaH].